The quantitative estimate of drug-likeness (QED) is 0.489. The van der Waals surface area contributed by atoms with Crippen molar-refractivity contribution >= 4 is 38.8 Å². The largest absolute Gasteiger partial charge is 0.378 e. The highest BCUT2D eigenvalue weighted by Gasteiger charge is 2.27. The summed E-state index contributed by atoms with van der Waals surface area (Å²) in [5.41, 5.74) is 7.00. The maximum absolute atomic E-state index is 12.4. The van der Waals surface area contributed by atoms with Gasteiger partial charge in [-0.25, -0.2) is 0 Å². The first-order valence-corrected chi connectivity index (χ1v) is 11.6. The number of ether oxygens (including phenoxy) is 2. The van der Waals surface area contributed by atoms with E-state index < -0.39 is 0 Å². The number of hydrogen-bond acceptors (Lipinski definition) is 5. The van der Waals surface area contributed by atoms with Crippen molar-refractivity contribution < 1.29 is 14.3 Å². The fourth-order valence-electron chi connectivity index (χ4n) is 4.90. The molecule has 1 atom stereocenters. The Bertz CT molecular complexity index is 1150. The van der Waals surface area contributed by atoms with Gasteiger partial charge in [0, 0.05) is 47.7 Å². The number of halogens is 1. The smallest absolute Gasteiger partial charge is 0.152 e. The van der Waals surface area contributed by atoms with Crippen molar-refractivity contribution in [1.29, 1.82) is 0 Å². The highest BCUT2D eigenvalue weighted by atomic mass is 79.9. The molecule has 1 aromatic carbocycles. The summed E-state index contributed by atoms with van der Waals surface area (Å²) < 4.78 is 14.5. The van der Waals surface area contributed by atoms with Gasteiger partial charge in [-0.2, -0.15) is 0 Å². The number of aldehydes is 1. The third-order valence-electron chi connectivity index (χ3n) is 6.46. The molecule has 2 aromatic heterocycles. The lowest BCUT2D eigenvalue weighted by Crippen LogP contribution is -2.36. The van der Waals surface area contributed by atoms with Crippen molar-refractivity contribution in [2.45, 2.75) is 32.4 Å². The van der Waals surface area contributed by atoms with Crippen LogP contribution < -0.4 is 4.90 Å². The first-order chi connectivity index (χ1) is 15.1. The van der Waals surface area contributed by atoms with E-state index in [0.717, 1.165) is 76.8 Å². The Hall–Kier alpha value is -2.22. The molecule has 31 heavy (non-hydrogen) atoms. The Morgan fingerprint density at radius 1 is 1.23 bits per heavy atom. The number of pyridine rings is 1. The average Bonchev–Trinajstić information content (AvgIpc) is 3.13. The summed E-state index contributed by atoms with van der Waals surface area (Å²) in [6.45, 7) is 5.98. The fraction of sp³-hybridized carbons (Fsp3) is 0.417. The fourth-order valence-corrected chi connectivity index (χ4v) is 5.41. The van der Waals surface area contributed by atoms with Crippen LogP contribution in [0.1, 0.15) is 41.1 Å². The Labute approximate surface area is 190 Å². The van der Waals surface area contributed by atoms with Crippen LogP contribution in [0.3, 0.4) is 0 Å². The van der Waals surface area contributed by atoms with Gasteiger partial charge in [0.15, 0.2) is 6.29 Å². The molecule has 0 aliphatic carbocycles. The second kappa shape index (κ2) is 8.37. The van der Waals surface area contributed by atoms with Crippen molar-refractivity contribution in [3.05, 3.63) is 45.7 Å². The summed E-state index contributed by atoms with van der Waals surface area (Å²) in [6, 6.07) is 6.42. The molecular formula is C24H26BrN3O3. The van der Waals surface area contributed by atoms with Crippen molar-refractivity contribution in [2.75, 3.05) is 38.3 Å². The van der Waals surface area contributed by atoms with Gasteiger partial charge in [-0.05, 0) is 43.5 Å². The monoisotopic (exact) mass is 483 g/mol. The van der Waals surface area contributed by atoms with Crippen molar-refractivity contribution in [3.63, 3.8) is 0 Å². The Morgan fingerprint density at radius 3 is 2.77 bits per heavy atom. The van der Waals surface area contributed by atoms with Gasteiger partial charge in [-0.1, -0.05) is 15.9 Å². The van der Waals surface area contributed by atoms with Gasteiger partial charge in [-0.15, -0.1) is 0 Å². The Kier molecular flexibility index (Phi) is 5.58. The average molecular weight is 484 g/mol. The predicted octanol–water partition coefficient (Wildman–Crippen LogP) is 4.77. The number of benzene rings is 1. The molecule has 2 aliphatic rings. The standard InChI is InChI=1S/C24H26BrN3O3/c1-15(30-2)22-20(12-18(13-26-22)27-6-8-31-9-7-27)24-21(14-29)19-11-17(25)10-16-4-3-5-28(24)23(16)19/h10-15H,3-9H2,1-2H3/t15-/m0/s1. The molecule has 5 rings (SSSR count). The van der Waals surface area contributed by atoms with E-state index in [0.29, 0.717) is 13.2 Å². The molecule has 2 aliphatic heterocycles. The number of carbonyl (C=O) groups excluding carboxylic acids is 1. The zero-order valence-corrected chi connectivity index (χ0v) is 19.4. The second-order valence-corrected chi connectivity index (χ2v) is 9.12. The molecule has 4 heterocycles. The van der Waals surface area contributed by atoms with E-state index in [1.54, 1.807) is 7.11 Å². The number of aryl methyl sites for hydroxylation is 2. The van der Waals surface area contributed by atoms with Crippen LogP contribution in [-0.2, 0) is 22.4 Å². The number of aromatic nitrogens is 2. The number of nitrogens with zero attached hydrogens (tertiary/aromatic N) is 3. The van der Waals surface area contributed by atoms with Crippen molar-refractivity contribution in [2.24, 2.45) is 0 Å². The van der Waals surface area contributed by atoms with E-state index in [1.165, 1.54) is 11.1 Å². The molecule has 6 nitrogen and oxygen atoms in total. The van der Waals surface area contributed by atoms with E-state index in [4.69, 9.17) is 14.5 Å². The van der Waals surface area contributed by atoms with Crippen LogP contribution in [0.25, 0.3) is 22.2 Å². The predicted molar refractivity (Wildman–Crippen MR) is 125 cm³/mol. The highest BCUT2D eigenvalue weighted by molar-refractivity contribution is 9.10. The van der Waals surface area contributed by atoms with Gasteiger partial charge in [0.05, 0.1) is 48.1 Å². The summed E-state index contributed by atoms with van der Waals surface area (Å²) in [6.07, 6.45) is 4.79. The molecule has 162 valence electrons. The van der Waals surface area contributed by atoms with Gasteiger partial charge in [0.1, 0.15) is 0 Å². The summed E-state index contributed by atoms with van der Waals surface area (Å²) in [5, 5.41) is 1.00. The van der Waals surface area contributed by atoms with Crippen LogP contribution in [0.5, 0.6) is 0 Å². The number of hydrogen-bond donors (Lipinski definition) is 0. The molecule has 1 fully saturated rings. The van der Waals surface area contributed by atoms with Gasteiger partial charge in [0.2, 0.25) is 0 Å². The molecule has 0 spiro atoms. The number of methoxy groups -OCH3 is 1. The molecule has 0 unspecified atom stereocenters. The van der Waals surface area contributed by atoms with Crippen LogP contribution in [0.15, 0.2) is 28.9 Å². The maximum Gasteiger partial charge on any atom is 0.152 e. The lowest BCUT2D eigenvalue weighted by atomic mass is 10.0. The zero-order chi connectivity index (χ0) is 21.5. The minimum Gasteiger partial charge on any atom is -0.378 e. The number of carbonyl (C=O) groups is 1. The Morgan fingerprint density at radius 2 is 2.03 bits per heavy atom. The van der Waals surface area contributed by atoms with E-state index in [9.17, 15) is 4.79 Å². The summed E-state index contributed by atoms with van der Waals surface area (Å²) in [5.74, 6) is 0. The molecule has 0 N–H and O–H groups in total. The van der Waals surface area contributed by atoms with E-state index in [1.807, 2.05) is 13.1 Å². The van der Waals surface area contributed by atoms with Gasteiger partial charge < -0.3 is 18.9 Å². The van der Waals surface area contributed by atoms with Crippen LogP contribution >= 0.6 is 15.9 Å². The van der Waals surface area contributed by atoms with Crippen molar-refractivity contribution in [1.82, 2.24) is 9.55 Å². The third-order valence-corrected chi connectivity index (χ3v) is 6.92. The van der Waals surface area contributed by atoms with E-state index >= 15 is 0 Å². The summed E-state index contributed by atoms with van der Waals surface area (Å²) in [4.78, 5) is 19.5. The zero-order valence-electron chi connectivity index (χ0n) is 17.9. The molecule has 0 saturated carbocycles. The maximum atomic E-state index is 12.4. The highest BCUT2D eigenvalue weighted by Crippen LogP contribution is 2.42. The lowest BCUT2D eigenvalue weighted by Gasteiger charge is -2.29. The lowest BCUT2D eigenvalue weighted by molar-refractivity contribution is 0.112. The van der Waals surface area contributed by atoms with Gasteiger partial charge >= 0.3 is 0 Å². The molecule has 3 aromatic rings. The Balaban J connectivity index is 1.79. The number of anilines is 1. The van der Waals surface area contributed by atoms with Crippen LogP contribution in [0, 0.1) is 0 Å². The van der Waals surface area contributed by atoms with Gasteiger partial charge in [0.25, 0.3) is 0 Å². The first kappa shape index (κ1) is 20.7. The summed E-state index contributed by atoms with van der Waals surface area (Å²) >= 11 is 3.64. The van der Waals surface area contributed by atoms with Crippen LogP contribution in [0.4, 0.5) is 5.69 Å². The number of morpholine rings is 1. The minimum absolute atomic E-state index is 0.186. The second-order valence-electron chi connectivity index (χ2n) is 8.20. The SMILES string of the molecule is CO[C@@H](C)c1ncc(N2CCOCC2)cc1-c1c(C=O)c2cc(Br)cc3c2n1CCC3. The molecule has 0 bridgehead atoms. The topological polar surface area (TPSA) is 56.6 Å². The van der Waals surface area contributed by atoms with Crippen molar-refractivity contribution in [3.8, 4) is 11.3 Å². The van der Waals surface area contributed by atoms with Crippen LogP contribution in [0.2, 0.25) is 0 Å². The van der Waals surface area contributed by atoms with E-state index in [-0.39, 0.29) is 6.10 Å². The molecule has 0 amide bonds. The van der Waals surface area contributed by atoms with Gasteiger partial charge in [-0.3, -0.25) is 9.78 Å². The third kappa shape index (κ3) is 3.49. The number of rotatable bonds is 5. The normalized spacial score (nSPS) is 17.2. The molecule has 1 saturated heterocycles. The van der Waals surface area contributed by atoms with Crippen LogP contribution in [-0.4, -0.2) is 49.3 Å². The summed E-state index contributed by atoms with van der Waals surface area (Å²) in [7, 11) is 1.69. The molecular weight excluding hydrogens is 458 g/mol. The minimum atomic E-state index is -0.186. The molecule has 0 radical (unpaired) electrons. The first-order valence-electron chi connectivity index (χ1n) is 10.8. The van der Waals surface area contributed by atoms with E-state index in [2.05, 4.69) is 43.6 Å². The molecule has 7 heteroatoms.